The van der Waals surface area contributed by atoms with E-state index < -0.39 is 63.1 Å². The van der Waals surface area contributed by atoms with Gasteiger partial charge in [0, 0.05) is 18.4 Å². The van der Waals surface area contributed by atoms with Crippen molar-refractivity contribution in [1.29, 1.82) is 0 Å². The van der Waals surface area contributed by atoms with Gasteiger partial charge < -0.3 is 5.32 Å². The normalized spacial score (nSPS) is 18.3. The number of halogens is 8. The predicted molar refractivity (Wildman–Crippen MR) is 127 cm³/mol. The number of benzene rings is 3. The number of anilines is 1. The van der Waals surface area contributed by atoms with Crippen molar-refractivity contribution in [1.82, 2.24) is 0 Å². The van der Waals surface area contributed by atoms with Crippen LogP contribution >= 0.6 is 46.4 Å². The van der Waals surface area contributed by atoms with E-state index in [9.17, 15) is 22.8 Å². The molecule has 1 aliphatic carbocycles. The maximum atomic E-state index is 15.2. The Morgan fingerprint density at radius 3 is 2.26 bits per heavy atom. The molecule has 1 aliphatic rings. The molecule has 182 valence electrons. The standard InChI is InChI=1S/C24H13Cl4F4NO2/c25-13-4-6-17(22(32)19(13)18(34)8-10-1-3-12(29)9-16(10)31)33-23(35)21-20(24(21,27)28)11-2-5-15(30)14(26)7-11/h1-7,9,20-21H,8H2,(H,33,35)/t20-,21+/m0/s1. The molecule has 0 unspecified atom stereocenters. The molecule has 0 bridgehead atoms. The minimum atomic E-state index is -1.56. The van der Waals surface area contributed by atoms with Crippen LogP contribution in [0.4, 0.5) is 23.2 Å². The average molecular weight is 565 g/mol. The zero-order valence-electron chi connectivity index (χ0n) is 17.3. The highest BCUT2D eigenvalue weighted by Crippen LogP contribution is 2.65. The van der Waals surface area contributed by atoms with Crippen LogP contribution in [-0.2, 0) is 11.2 Å². The molecule has 2 atom stereocenters. The molecule has 4 rings (SSSR count). The Hall–Kier alpha value is -2.32. The van der Waals surface area contributed by atoms with Crippen LogP contribution in [0.25, 0.3) is 0 Å². The van der Waals surface area contributed by atoms with E-state index in [1.807, 2.05) is 0 Å². The summed E-state index contributed by atoms with van der Waals surface area (Å²) in [6.45, 7) is 0. The molecule has 11 heteroatoms. The Labute approximate surface area is 216 Å². The third kappa shape index (κ3) is 5.00. The fourth-order valence-corrected chi connectivity index (χ4v) is 5.08. The molecule has 1 saturated carbocycles. The average Bonchev–Trinajstić information content (AvgIpc) is 3.36. The molecule has 0 spiro atoms. The van der Waals surface area contributed by atoms with Gasteiger partial charge in [-0.15, -0.1) is 23.2 Å². The molecule has 35 heavy (non-hydrogen) atoms. The smallest absolute Gasteiger partial charge is 0.231 e. The number of amides is 1. The van der Waals surface area contributed by atoms with Crippen molar-refractivity contribution >= 4 is 63.8 Å². The number of nitrogens with one attached hydrogen (secondary N) is 1. The second-order valence-corrected chi connectivity index (χ2v) is 10.2. The lowest BCUT2D eigenvalue weighted by molar-refractivity contribution is -0.117. The van der Waals surface area contributed by atoms with E-state index in [0.29, 0.717) is 11.6 Å². The summed E-state index contributed by atoms with van der Waals surface area (Å²) in [4.78, 5) is 25.5. The lowest BCUT2D eigenvalue weighted by Crippen LogP contribution is -2.19. The predicted octanol–water partition coefficient (Wildman–Crippen LogP) is 7.50. The van der Waals surface area contributed by atoms with Gasteiger partial charge in [-0.05, 0) is 41.5 Å². The monoisotopic (exact) mass is 563 g/mol. The summed E-state index contributed by atoms with van der Waals surface area (Å²) in [7, 11) is 0. The topological polar surface area (TPSA) is 46.2 Å². The number of hydrogen-bond acceptors (Lipinski definition) is 2. The number of carbonyl (C=O) groups excluding carboxylic acids is 2. The van der Waals surface area contributed by atoms with E-state index in [1.165, 1.54) is 18.2 Å². The summed E-state index contributed by atoms with van der Waals surface area (Å²) < 4.78 is 54.2. The van der Waals surface area contributed by atoms with Crippen LogP contribution in [0.1, 0.15) is 27.4 Å². The van der Waals surface area contributed by atoms with Crippen molar-refractivity contribution in [3.63, 3.8) is 0 Å². The minimum absolute atomic E-state index is 0.158. The van der Waals surface area contributed by atoms with Gasteiger partial charge in [-0.3, -0.25) is 9.59 Å². The highest BCUT2D eigenvalue weighted by molar-refractivity contribution is 6.53. The number of carbonyl (C=O) groups is 2. The van der Waals surface area contributed by atoms with Gasteiger partial charge in [0.05, 0.1) is 27.2 Å². The first-order valence-electron chi connectivity index (χ1n) is 10.0. The van der Waals surface area contributed by atoms with E-state index in [-0.39, 0.29) is 21.3 Å². The highest BCUT2D eigenvalue weighted by atomic mass is 35.5. The Morgan fingerprint density at radius 1 is 0.886 bits per heavy atom. The quantitative estimate of drug-likeness (QED) is 0.191. The summed E-state index contributed by atoms with van der Waals surface area (Å²) in [5.74, 6) is -7.03. The Morgan fingerprint density at radius 2 is 1.60 bits per heavy atom. The van der Waals surface area contributed by atoms with Crippen molar-refractivity contribution in [3.8, 4) is 0 Å². The summed E-state index contributed by atoms with van der Waals surface area (Å²) in [6, 6.07) is 8.74. The highest BCUT2D eigenvalue weighted by Gasteiger charge is 2.67. The lowest BCUT2D eigenvalue weighted by Gasteiger charge is -2.12. The number of hydrogen-bond donors (Lipinski definition) is 1. The fraction of sp³-hybridized carbons (Fsp3) is 0.167. The molecule has 3 aromatic rings. The third-order valence-electron chi connectivity index (χ3n) is 5.63. The number of ketones is 1. The number of rotatable bonds is 6. The molecule has 0 aliphatic heterocycles. The van der Waals surface area contributed by atoms with Crippen LogP contribution in [0.2, 0.25) is 10.0 Å². The molecule has 0 radical (unpaired) electrons. The van der Waals surface area contributed by atoms with Crippen molar-refractivity contribution in [2.75, 3.05) is 5.32 Å². The van der Waals surface area contributed by atoms with Crippen LogP contribution in [-0.4, -0.2) is 16.0 Å². The summed E-state index contributed by atoms with van der Waals surface area (Å²) in [5, 5.41) is 1.89. The zero-order valence-corrected chi connectivity index (χ0v) is 20.3. The maximum absolute atomic E-state index is 15.2. The molecular formula is C24H13Cl4F4NO2. The summed E-state index contributed by atoms with van der Waals surface area (Å²) in [6.07, 6.45) is -0.595. The van der Waals surface area contributed by atoms with Gasteiger partial charge in [0.1, 0.15) is 21.8 Å². The molecule has 0 aromatic heterocycles. The zero-order chi connectivity index (χ0) is 25.7. The molecule has 1 N–H and O–H groups in total. The van der Waals surface area contributed by atoms with E-state index in [4.69, 9.17) is 46.4 Å². The first-order chi connectivity index (χ1) is 16.4. The van der Waals surface area contributed by atoms with Crippen molar-refractivity contribution < 1.29 is 27.2 Å². The SMILES string of the molecule is O=C(Cc1ccc(F)cc1F)c1c(Cl)ccc(NC(=O)[C@H]2[C@H](c3ccc(F)c(Cl)c3)C2(Cl)Cl)c1F. The van der Waals surface area contributed by atoms with Crippen LogP contribution in [0, 0.1) is 29.2 Å². The molecular weight excluding hydrogens is 552 g/mol. The Balaban J connectivity index is 1.56. The van der Waals surface area contributed by atoms with Gasteiger partial charge in [-0.25, -0.2) is 17.6 Å². The van der Waals surface area contributed by atoms with E-state index >= 15 is 4.39 Å². The van der Waals surface area contributed by atoms with E-state index in [0.717, 1.165) is 24.3 Å². The van der Waals surface area contributed by atoms with Gasteiger partial charge in [-0.1, -0.05) is 35.3 Å². The lowest BCUT2D eigenvalue weighted by atomic mass is 10.0. The molecule has 3 nitrogen and oxygen atoms in total. The third-order valence-corrected chi connectivity index (χ3v) is 7.18. The first-order valence-corrected chi connectivity index (χ1v) is 11.5. The van der Waals surface area contributed by atoms with Crippen molar-refractivity contribution in [3.05, 3.63) is 98.5 Å². The van der Waals surface area contributed by atoms with Crippen LogP contribution in [0.15, 0.2) is 48.5 Å². The Bertz CT molecular complexity index is 1370. The maximum Gasteiger partial charge on any atom is 0.231 e. The van der Waals surface area contributed by atoms with Gasteiger partial charge in [0.2, 0.25) is 5.91 Å². The van der Waals surface area contributed by atoms with Crippen LogP contribution in [0.3, 0.4) is 0 Å². The van der Waals surface area contributed by atoms with Crippen molar-refractivity contribution in [2.24, 2.45) is 5.92 Å². The largest absolute Gasteiger partial charge is 0.323 e. The molecule has 0 saturated heterocycles. The summed E-state index contributed by atoms with van der Waals surface area (Å²) in [5.41, 5.74) is -0.701. The fourth-order valence-electron chi connectivity index (χ4n) is 3.82. The second-order valence-electron chi connectivity index (χ2n) is 7.91. The number of alkyl halides is 2. The molecule has 1 fully saturated rings. The molecule has 3 aromatic carbocycles. The first kappa shape index (κ1) is 25.8. The Kier molecular flexibility index (Phi) is 7.08. The van der Waals surface area contributed by atoms with Gasteiger partial charge in [-0.2, -0.15) is 0 Å². The molecule has 1 amide bonds. The van der Waals surface area contributed by atoms with Crippen LogP contribution < -0.4 is 5.32 Å². The number of Topliss-reactive ketones (excluding diaryl/α,β-unsaturated/α-hetero) is 1. The van der Waals surface area contributed by atoms with Crippen LogP contribution in [0.5, 0.6) is 0 Å². The van der Waals surface area contributed by atoms with Gasteiger partial charge >= 0.3 is 0 Å². The molecule has 0 heterocycles. The summed E-state index contributed by atoms with van der Waals surface area (Å²) >= 11 is 24.3. The van der Waals surface area contributed by atoms with Crippen molar-refractivity contribution in [2.45, 2.75) is 16.7 Å². The minimum Gasteiger partial charge on any atom is -0.323 e. The van der Waals surface area contributed by atoms with Gasteiger partial charge in [0.15, 0.2) is 11.6 Å². The second kappa shape index (κ2) is 9.62. The van der Waals surface area contributed by atoms with E-state index in [2.05, 4.69) is 5.32 Å². The van der Waals surface area contributed by atoms with E-state index in [1.54, 1.807) is 0 Å². The van der Waals surface area contributed by atoms with Gasteiger partial charge in [0.25, 0.3) is 0 Å².